The van der Waals surface area contributed by atoms with Crippen molar-refractivity contribution >= 4 is 17.6 Å². The lowest BCUT2D eigenvalue weighted by atomic mass is 9.73. The van der Waals surface area contributed by atoms with E-state index in [0.717, 1.165) is 67.7 Å². The van der Waals surface area contributed by atoms with Gasteiger partial charge in [0.2, 0.25) is 0 Å². The highest BCUT2D eigenvalue weighted by Gasteiger charge is 2.41. The summed E-state index contributed by atoms with van der Waals surface area (Å²) in [5.74, 6) is 2.75. The molecule has 1 aliphatic carbocycles. The predicted octanol–water partition coefficient (Wildman–Crippen LogP) is 22.0. The molecule has 10 nitrogen and oxygen atoms in total. The first-order valence-electron chi connectivity index (χ1n) is 33.5. The highest BCUT2D eigenvalue weighted by molar-refractivity contribution is 7.08. The third kappa shape index (κ3) is 14.7. The lowest BCUT2D eigenvalue weighted by Crippen LogP contribution is -2.22. The van der Waals surface area contributed by atoms with Crippen LogP contribution >= 0.6 is 11.3 Å². The van der Waals surface area contributed by atoms with Gasteiger partial charge in [-0.05, 0) is 196 Å². The van der Waals surface area contributed by atoms with Crippen LogP contribution in [0.3, 0.4) is 0 Å². The fourth-order valence-corrected chi connectivity index (χ4v) is 14.2. The number of benzene rings is 12. The van der Waals surface area contributed by atoms with Gasteiger partial charge in [0.15, 0.2) is 0 Å². The van der Waals surface area contributed by atoms with Gasteiger partial charge >= 0.3 is 0 Å². The minimum absolute atomic E-state index is 0.0876. The van der Waals surface area contributed by atoms with Gasteiger partial charge in [-0.3, -0.25) is 4.79 Å². The number of carbonyl (C=O) groups is 1. The van der Waals surface area contributed by atoms with Crippen molar-refractivity contribution in [1.29, 1.82) is 0 Å². The third-order valence-corrected chi connectivity index (χ3v) is 20.3. The SMILES string of the molecule is COc1ccc(C(C)c2cc(C)c(O)c(-c3ccccc3O)c2)cc1.Cc1cc(C(C)c2ccc(C=O)cc2)cc(-c2ccccc2O)c1O.Cc1cc(C(C)c2ccsc2)cc(-c2ccccc2O)c1O.Cc1cc(C2(C)c3ccccc3-c3ccccc32)cc(-c2ccccc2O)c1O. The van der Waals surface area contributed by atoms with Gasteiger partial charge in [0.25, 0.3) is 0 Å². The lowest BCUT2D eigenvalue weighted by Gasteiger charge is -2.29. The molecule has 0 saturated heterocycles. The van der Waals surface area contributed by atoms with E-state index in [1.54, 1.807) is 85.2 Å². The van der Waals surface area contributed by atoms with Gasteiger partial charge in [-0.1, -0.05) is 203 Å². The first kappa shape index (κ1) is 70.5. The number of rotatable bonds is 13. The number of hydrogen-bond donors (Lipinski definition) is 8. The topological polar surface area (TPSA) is 188 Å². The van der Waals surface area contributed by atoms with Crippen LogP contribution in [0.2, 0.25) is 0 Å². The van der Waals surface area contributed by atoms with E-state index in [2.05, 4.69) is 99.1 Å². The molecule has 1 heterocycles. The molecule has 0 aliphatic heterocycles. The number of aromatic hydroxyl groups is 8. The van der Waals surface area contributed by atoms with E-state index in [4.69, 9.17) is 4.74 Å². The van der Waals surface area contributed by atoms with Crippen LogP contribution in [0.15, 0.2) is 259 Å². The lowest BCUT2D eigenvalue weighted by molar-refractivity contribution is 0.112. The Morgan fingerprint density at radius 1 is 0.347 bits per heavy atom. The zero-order valence-electron chi connectivity index (χ0n) is 57.9. The summed E-state index contributed by atoms with van der Waals surface area (Å²) in [5, 5.41) is 87.2. The Morgan fingerprint density at radius 2 is 0.663 bits per heavy atom. The van der Waals surface area contributed by atoms with Crippen LogP contribution in [0.25, 0.3) is 55.6 Å². The third-order valence-electron chi connectivity index (χ3n) is 19.6. The predicted molar refractivity (Wildman–Crippen MR) is 409 cm³/mol. The van der Waals surface area contributed by atoms with Crippen LogP contribution in [0.4, 0.5) is 0 Å². The molecular formula is C90H82O10S. The van der Waals surface area contributed by atoms with Gasteiger partial charge < -0.3 is 45.6 Å². The number of fused-ring (bicyclic) bond motifs is 3. The molecule has 14 rings (SSSR count). The molecule has 3 unspecified atom stereocenters. The number of methoxy groups -OCH3 is 1. The molecule has 8 N–H and O–H groups in total. The Balaban J connectivity index is 0.000000136. The summed E-state index contributed by atoms with van der Waals surface area (Å²) < 4.78 is 5.22. The summed E-state index contributed by atoms with van der Waals surface area (Å²) in [6, 6.07) is 78.8. The second kappa shape index (κ2) is 30.5. The van der Waals surface area contributed by atoms with E-state index in [9.17, 15) is 45.6 Å². The van der Waals surface area contributed by atoms with Crippen molar-refractivity contribution in [3.05, 3.63) is 337 Å². The van der Waals surface area contributed by atoms with Gasteiger partial charge in [0.05, 0.1) is 7.11 Å². The Kier molecular flexibility index (Phi) is 21.3. The summed E-state index contributed by atoms with van der Waals surface area (Å²) in [4.78, 5) is 10.8. The van der Waals surface area contributed by atoms with Crippen molar-refractivity contribution in [2.45, 2.75) is 78.6 Å². The highest BCUT2D eigenvalue weighted by Crippen LogP contribution is 2.54. The highest BCUT2D eigenvalue weighted by atomic mass is 32.1. The van der Waals surface area contributed by atoms with Gasteiger partial charge in [0.1, 0.15) is 58.0 Å². The van der Waals surface area contributed by atoms with Crippen molar-refractivity contribution in [2.75, 3.05) is 7.11 Å². The average molecular weight is 1360 g/mol. The van der Waals surface area contributed by atoms with Crippen LogP contribution in [0.5, 0.6) is 51.7 Å². The quantitative estimate of drug-likeness (QED) is 0.0516. The van der Waals surface area contributed by atoms with E-state index in [0.29, 0.717) is 50.1 Å². The Labute approximate surface area is 595 Å². The van der Waals surface area contributed by atoms with Crippen LogP contribution in [0.1, 0.15) is 128 Å². The number of aldehydes is 1. The molecule has 0 saturated carbocycles. The molecule has 1 aromatic heterocycles. The van der Waals surface area contributed by atoms with E-state index in [-0.39, 0.29) is 69.2 Å². The fourth-order valence-electron chi connectivity index (χ4n) is 13.5. The number of phenols is 8. The molecule has 0 fully saturated rings. The average Bonchev–Trinajstić information content (AvgIpc) is 1.57. The summed E-state index contributed by atoms with van der Waals surface area (Å²) in [5.41, 5.74) is 21.5. The van der Waals surface area contributed by atoms with E-state index in [1.165, 1.54) is 27.8 Å². The Hall–Kier alpha value is -11.8. The Bertz CT molecular complexity index is 5070. The van der Waals surface area contributed by atoms with Gasteiger partial charge in [-0.2, -0.15) is 11.3 Å². The molecule has 0 amide bonds. The van der Waals surface area contributed by atoms with Crippen molar-refractivity contribution < 1.29 is 50.4 Å². The monoisotopic (exact) mass is 1350 g/mol. The number of para-hydroxylation sites is 4. The molecule has 13 aromatic rings. The largest absolute Gasteiger partial charge is 0.507 e. The summed E-state index contributed by atoms with van der Waals surface area (Å²) >= 11 is 1.68. The summed E-state index contributed by atoms with van der Waals surface area (Å²) in [7, 11) is 1.65. The van der Waals surface area contributed by atoms with E-state index in [1.807, 2.05) is 149 Å². The molecule has 101 heavy (non-hydrogen) atoms. The molecule has 11 heteroatoms. The zero-order valence-corrected chi connectivity index (χ0v) is 58.8. The maximum Gasteiger partial charge on any atom is 0.150 e. The molecule has 12 aromatic carbocycles. The maximum atomic E-state index is 10.8. The standard InChI is InChI=1S/C27H22O2.C22H22O3.C22H20O3.C19H18O2S/c1-17-15-18(16-22(26(17)29)21-11-5-8-14-25(21)28)27(2)23-12-6-3-9-19(23)20-10-4-7-13-24(20)27;1-14-12-17(15(2)16-8-10-18(25-3)11-9-16)13-20(22(14)24)19-6-4-5-7-21(19)23;1-14-11-18(15(2)17-9-7-16(13-23)8-10-17)12-20(22(14)25)19-5-3-4-6-21(19)24;1-12-9-15(13(2)14-7-8-22-11-14)10-17(19(12)21)16-5-3-4-6-18(16)20/h3-16,28-29H,1-2H3;4-13,15,23-24H,1-3H3;3-13,15,24-25H,1-2H3;3-11,13,20-21H,1-2H3. The number of hydrogen-bond acceptors (Lipinski definition) is 11. The number of thiophene rings is 1. The smallest absolute Gasteiger partial charge is 0.150 e. The van der Waals surface area contributed by atoms with Crippen LogP contribution in [0, 0.1) is 27.7 Å². The normalized spacial score (nSPS) is 12.5. The van der Waals surface area contributed by atoms with E-state index < -0.39 is 0 Å². The summed E-state index contributed by atoms with van der Waals surface area (Å²) in [6.07, 6.45) is 0.829. The van der Waals surface area contributed by atoms with Crippen molar-refractivity contribution in [1.82, 2.24) is 0 Å². The van der Waals surface area contributed by atoms with Crippen molar-refractivity contribution in [3.8, 4) is 107 Å². The van der Waals surface area contributed by atoms with Crippen molar-refractivity contribution in [3.63, 3.8) is 0 Å². The molecule has 0 radical (unpaired) electrons. The minimum atomic E-state index is -0.342. The minimum Gasteiger partial charge on any atom is -0.507 e. The van der Waals surface area contributed by atoms with Crippen LogP contribution < -0.4 is 4.74 Å². The molecule has 3 atom stereocenters. The summed E-state index contributed by atoms with van der Waals surface area (Å²) in [6.45, 7) is 16.1. The second-order valence-corrected chi connectivity index (χ2v) is 26.7. The van der Waals surface area contributed by atoms with Gasteiger partial charge in [-0.15, -0.1) is 0 Å². The molecule has 0 spiro atoms. The molecule has 0 bridgehead atoms. The van der Waals surface area contributed by atoms with Crippen LogP contribution in [-0.2, 0) is 5.41 Å². The zero-order chi connectivity index (χ0) is 71.8. The van der Waals surface area contributed by atoms with Gasteiger partial charge in [-0.25, -0.2) is 0 Å². The molecular weight excluding hydrogens is 1270 g/mol. The maximum absolute atomic E-state index is 10.8. The first-order valence-corrected chi connectivity index (χ1v) is 34.4. The number of phenolic OH excluding ortho intramolecular Hbond substituents is 8. The van der Waals surface area contributed by atoms with Gasteiger partial charge in [0, 0.05) is 73.2 Å². The number of ether oxygens (including phenoxy) is 1. The second-order valence-electron chi connectivity index (χ2n) is 26.0. The number of aryl methyl sites for hydroxylation is 4. The van der Waals surface area contributed by atoms with Crippen molar-refractivity contribution in [2.24, 2.45) is 0 Å². The fraction of sp³-hybridized carbons (Fsp3) is 0.144. The van der Waals surface area contributed by atoms with E-state index >= 15 is 0 Å². The molecule has 508 valence electrons. The number of carbonyl (C=O) groups excluding carboxylic acids is 1. The molecule has 1 aliphatic rings. The first-order chi connectivity index (χ1) is 48.6. The van der Waals surface area contributed by atoms with Crippen LogP contribution in [-0.4, -0.2) is 54.2 Å². The Morgan fingerprint density at radius 3 is 1.00 bits per heavy atom.